The van der Waals surface area contributed by atoms with E-state index in [-0.39, 0.29) is 6.61 Å². The Balaban J connectivity index is 0.000000236. The van der Waals surface area contributed by atoms with Crippen molar-refractivity contribution in [1.29, 1.82) is 0 Å². The van der Waals surface area contributed by atoms with Gasteiger partial charge in [-0.25, -0.2) is 0 Å². The first-order valence-corrected chi connectivity index (χ1v) is 3.29. The highest BCUT2D eigenvalue weighted by Crippen LogP contribution is 1.92. The molecule has 0 unspecified atom stereocenters. The summed E-state index contributed by atoms with van der Waals surface area (Å²) in [6.45, 7) is 5.65. The van der Waals surface area contributed by atoms with Gasteiger partial charge in [-0.3, -0.25) is 0 Å². The minimum Gasteiger partial charge on any atom is -0.397 e. The summed E-state index contributed by atoms with van der Waals surface area (Å²) in [5.41, 5.74) is 1.07. The van der Waals surface area contributed by atoms with E-state index < -0.39 is 0 Å². The van der Waals surface area contributed by atoms with Gasteiger partial charge in [0, 0.05) is 6.61 Å². The van der Waals surface area contributed by atoms with Crippen LogP contribution in [0.2, 0.25) is 0 Å². The number of benzene rings is 1. The lowest BCUT2D eigenvalue weighted by molar-refractivity contribution is 0.318. The van der Waals surface area contributed by atoms with Gasteiger partial charge in [-0.1, -0.05) is 30.3 Å². The molecule has 0 saturated carbocycles. The third-order valence-electron chi connectivity index (χ3n) is 0.843. The minimum absolute atomic E-state index is 0.250. The summed E-state index contributed by atoms with van der Waals surface area (Å²) in [6, 6.07) is 9.87. The van der Waals surface area contributed by atoms with Gasteiger partial charge in [0.05, 0.1) is 0 Å². The molecule has 1 N–H and O–H groups in total. The number of hydrogen-bond donors (Lipinski definition) is 1. The van der Waals surface area contributed by atoms with Crippen molar-refractivity contribution in [3.05, 3.63) is 42.8 Å². The Labute approximate surface area is 62.3 Å². The van der Waals surface area contributed by atoms with Crippen LogP contribution in [-0.2, 0) is 0 Å². The van der Waals surface area contributed by atoms with Gasteiger partial charge in [0.15, 0.2) is 0 Å². The molecule has 10 heavy (non-hydrogen) atoms. The Morgan fingerprint density at radius 2 is 1.70 bits per heavy atom. The molecule has 0 aliphatic carbocycles. The van der Waals surface area contributed by atoms with Crippen molar-refractivity contribution >= 4 is 0 Å². The van der Waals surface area contributed by atoms with Crippen LogP contribution in [-0.4, -0.2) is 11.7 Å². The predicted molar refractivity (Wildman–Crippen MR) is 43.7 cm³/mol. The maximum Gasteiger partial charge on any atom is 0.0402 e. The molecule has 0 aromatic heterocycles. The Kier molecular flexibility index (Phi) is 5.79. The smallest absolute Gasteiger partial charge is 0.0402 e. The topological polar surface area (TPSA) is 20.2 Å². The Morgan fingerprint density at radius 1 is 1.30 bits per heavy atom. The van der Waals surface area contributed by atoms with Gasteiger partial charge in [-0.05, 0) is 19.4 Å². The standard InChI is InChI=1S/C7H7.C2H6O/c1-7-5-3-2-4-6-7;1-2-3/h2-6H,1H2;3H,2H2,1H3. The van der Waals surface area contributed by atoms with Crippen molar-refractivity contribution in [3.8, 4) is 0 Å². The summed E-state index contributed by atoms with van der Waals surface area (Å²) < 4.78 is 0. The van der Waals surface area contributed by atoms with Crippen molar-refractivity contribution in [1.82, 2.24) is 0 Å². The van der Waals surface area contributed by atoms with Crippen LogP contribution in [0.4, 0.5) is 0 Å². The van der Waals surface area contributed by atoms with E-state index >= 15 is 0 Å². The normalized spacial score (nSPS) is 7.90. The van der Waals surface area contributed by atoms with Crippen LogP contribution in [0.5, 0.6) is 0 Å². The van der Waals surface area contributed by atoms with Crippen molar-refractivity contribution < 1.29 is 5.11 Å². The molecule has 0 fully saturated rings. The molecule has 0 amide bonds. The van der Waals surface area contributed by atoms with E-state index in [0.29, 0.717) is 0 Å². The molecule has 55 valence electrons. The van der Waals surface area contributed by atoms with Gasteiger partial charge >= 0.3 is 0 Å². The summed E-state index contributed by atoms with van der Waals surface area (Å²) in [7, 11) is 0. The fourth-order valence-electron chi connectivity index (χ4n) is 0.478. The van der Waals surface area contributed by atoms with E-state index in [4.69, 9.17) is 5.11 Å². The van der Waals surface area contributed by atoms with Gasteiger partial charge in [0.1, 0.15) is 0 Å². The Hall–Kier alpha value is -0.820. The minimum atomic E-state index is 0.250. The molecule has 1 aromatic carbocycles. The second kappa shape index (κ2) is 6.30. The average Bonchev–Trinajstić information content (AvgIpc) is 1.91. The highest BCUT2D eigenvalue weighted by Gasteiger charge is 1.72. The zero-order valence-corrected chi connectivity index (χ0v) is 6.25. The fraction of sp³-hybridized carbons (Fsp3) is 0.222. The number of aliphatic hydroxyl groups is 1. The molecular weight excluding hydrogens is 124 g/mol. The molecule has 1 nitrogen and oxygen atoms in total. The third-order valence-corrected chi connectivity index (χ3v) is 0.843. The maximum atomic E-state index is 7.57. The lowest BCUT2D eigenvalue weighted by Crippen LogP contribution is -1.62. The molecule has 1 rings (SSSR count). The summed E-state index contributed by atoms with van der Waals surface area (Å²) in [5, 5.41) is 7.57. The summed E-state index contributed by atoms with van der Waals surface area (Å²) >= 11 is 0. The first-order valence-electron chi connectivity index (χ1n) is 3.29. The van der Waals surface area contributed by atoms with Crippen LogP contribution in [0, 0.1) is 6.92 Å². The molecule has 0 atom stereocenters. The molecule has 1 heteroatoms. The van der Waals surface area contributed by atoms with Crippen LogP contribution in [0.15, 0.2) is 30.3 Å². The molecule has 0 spiro atoms. The molecule has 1 radical (unpaired) electrons. The zero-order chi connectivity index (χ0) is 7.82. The molecule has 0 heterocycles. The Morgan fingerprint density at radius 3 is 1.90 bits per heavy atom. The average molecular weight is 137 g/mol. The predicted octanol–water partition coefficient (Wildman–Crippen LogP) is 1.87. The van der Waals surface area contributed by atoms with Crippen molar-refractivity contribution in [2.24, 2.45) is 0 Å². The van der Waals surface area contributed by atoms with E-state index in [2.05, 4.69) is 6.92 Å². The summed E-state index contributed by atoms with van der Waals surface area (Å²) in [4.78, 5) is 0. The summed E-state index contributed by atoms with van der Waals surface area (Å²) in [5.74, 6) is 0. The van der Waals surface area contributed by atoms with Crippen molar-refractivity contribution in [2.75, 3.05) is 6.61 Å². The van der Waals surface area contributed by atoms with Gasteiger partial charge in [-0.15, -0.1) is 0 Å². The lowest BCUT2D eigenvalue weighted by Gasteiger charge is -1.82. The van der Waals surface area contributed by atoms with Crippen molar-refractivity contribution in [3.63, 3.8) is 0 Å². The summed E-state index contributed by atoms with van der Waals surface area (Å²) in [6.07, 6.45) is 0. The van der Waals surface area contributed by atoms with Gasteiger partial charge in [0.25, 0.3) is 0 Å². The monoisotopic (exact) mass is 137 g/mol. The van der Waals surface area contributed by atoms with Gasteiger partial charge in [-0.2, -0.15) is 0 Å². The first-order chi connectivity index (χ1) is 4.81. The fourth-order valence-corrected chi connectivity index (χ4v) is 0.478. The zero-order valence-electron chi connectivity index (χ0n) is 6.25. The molecule has 0 saturated heterocycles. The van der Waals surface area contributed by atoms with Crippen LogP contribution in [0.1, 0.15) is 12.5 Å². The maximum absolute atomic E-state index is 7.57. The van der Waals surface area contributed by atoms with Crippen LogP contribution < -0.4 is 0 Å². The second-order valence-electron chi connectivity index (χ2n) is 1.80. The highest BCUT2D eigenvalue weighted by molar-refractivity contribution is 5.16. The van der Waals surface area contributed by atoms with E-state index in [9.17, 15) is 0 Å². The lowest BCUT2D eigenvalue weighted by atomic mass is 10.2. The van der Waals surface area contributed by atoms with Crippen LogP contribution in [0.25, 0.3) is 0 Å². The second-order valence-corrected chi connectivity index (χ2v) is 1.80. The first kappa shape index (κ1) is 9.18. The number of aliphatic hydroxyl groups excluding tert-OH is 1. The van der Waals surface area contributed by atoms with Crippen molar-refractivity contribution in [2.45, 2.75) is 6.92 Å². The molecule has 1 aromatic rings. The molecule has 0 bridgehead atoms. The van der Waals surface area contributed by atoms with Gasteiger partial charge in [0.2, 0.25) is 0 Å². The molecule has 0 aliphatic rings. The molecular formula is C9H13O. The number of rotatable bonds is 0. The number of hydrogen-bond acceptors (Lipinski definition) is 1. The van der Waals surface area contributed by atoms with E-state index in [1.54, 1.807) is 6.92 Å². The Bertz CT molecular complexity index is 146. The van der Waals surface area contributed by atoms with Crippen LogP contribution in [0.3, 0.4) is 0 Å². The van der Waals surface area contributed by atoms with E-state index in [1.165, 1.54) is 0 Å². The third kappa shape index (κ3) is 5.32. The van der Waals surface area contributed by atoms with Gasteiger partial charge < -0.3 is 5.11 Å². The SMILES string of the molecule is CCO.[CH2]c1ccccc1. The van der Waals surface area contributed by atoms with E-state index in [0.717, 1.165) is 5.56 Å². The largest absolute Gasteiger partial charge is 0.397 e. The van der Waals surface area contributed by atoms with E-state index in [1.807, 2.05) is 30.3 Å². The quantitative estimate of drug-likeness (QED) is 0.578. The molecule has 0 aliphatic heterocycles. The highest BCUT2D eigenvalue weighted by atomic mass is 16.2. The van der Waals surface area contributed by atoms with Crippen LogP contribution >= 0.6 is 0 Å².